The van der Waals surface area contributed by atoms with Gasteiger partial charge in [0.05, 0.1) is 0 Å². The maximum atomic E-state index is 2.35. The van der Waals surface area contributed by atoms with E-state index in [1.165, 1.54) is 10.8 Å². The molecule has 0 amide bonds. The summed E-state index contributed by atoms with van der Waals surface area (Å²) in [6, 6.07) is 20.0. The van der Waals surface area contributed by atoms with Gasteiger partial charge in [-0.05, 0) is 28.7 Å². The first-order valence-electron chi connectivity index (χ1n) is 7.24. The number of fused-ring (bicyclic) bond motifs is 1. The van der Waals surface area contributed by atoms with Gasteiger partial charge in [-0.25, -0.2) is 0 Å². The molecule has 0 nitrogen and oxygen atoms in total. The van der Waals surface area contributed by atoms with Crippen LogP contribution in [0.5, 0.6) is 0 Å². The van der Waals surface area contributed by atoms with E-state index < -0.39 is 8.80 Å². The molecule has 1 aliphatic heterocycles. The maximum absolute atomic E-state index is 2.35. The molecule has 20 heavy (non-hydrogen) atoms. The van der Waals surface area contributed by atoms with Crippen LogP contribution in [0, 0.1) is 5.41 Å². The summed E-state index contributed by atoms with van der Waals surface area (Å²) in [5, 5.41) is 4.67. The molecule has 0 spiro atoms. The molecule has 0 unspecified atom stereocenters. The average molecular weight is 277 g/mol. The molecule has 0 aliphatic carbocycles. The number of rotatable bonds is 1. The second-order valence-corrected chi connectivity index (χ2v) is 9.15. The zero-order valence-corrected chi connectivity index (χ0v) is 13.7. The van der Waals surface area contributed by atoms with Crippen molar-refractivity contribution in [2.75, 3.05) is 0 Å². The minimum atomic E-state index is -0.775. The van der Waals surface area contributed by atoms with E-state index in [0.29, 0.717) is 0 Å². The lowest BCUT2D eigenvalue weighted by molar-refractivity contribution is 0.566. The van der Waals surface area contributed by atoms with Crippen LogP contribution >= 0.6 is 0 Å². The molecule has 0 saturated carbocycles. The molecular formula is C19H21Si. The fourth-order valence-corrected chi connectivity index (χ4v) is 6.57. The zero-order chi connectivity index (χ0) is 14.3. The number of hydrogen-bond acceptors (Lipinski definition) is 0. The zero-order valence-electron chi connectivity index (χ0n) is 12.7. The van der Waals surface area contributed by atoms with Gasteiger partial charge >= 0.3 is 0 Å². The van der Waals surface area contributed by atoms with E-state index in [4.69, 9.17) is 0 Å². The largest absolute Gasteiger partial charge is 0.151 e. The van der Waals surface area contributed by atoms with Crippen LogP contribution < -0.4 is 10.4 Å². The van der Waals surface area contributed by atoms with Crippen LogP contribution in [0.4, 0.5) is 0 Å². The molecule has 2 aromatic carbocycles. The molecule has 0 aromatic heterocycles. The highest BCUT2D eigenvalue weighted by Gasteiger charge is 2.35. The van der Waals surface area contributed by atoms with E-state index in [0.717, 1.165) is 0 Å². The first-order valence-corrected chi connectivity index (χ1v) is 8.74. The second-order valence-electron chi connectivity index (χ2n) is 6.54. The van der Waals surface area contributed by atoms with Crippen molar-refractivity contribution < 1.29 is 0 Å². The highest BCUT2D eigenvalue weighted by molar-refractivity contribution is 6.93. The number of hydrogen-bond donors (Lipinski definition) is 0. The van der Waals surface area contributed by atoms with E-state index in [1.54, 1.807) is 16.0 Å². The third-order valence-electron chi connectivity index (χ3n) is 4.03. The quantitative estimate of drug-likeness (QED) is 0.698. The summed E-state index contributed by atoms with van der Waals surface area (Å²) < 4.78 is 0. The van der Waals surface area contributed by atoms with E-state index >= 15 is 0 Å². The van der Waals surface area contributed by atoms with Gasteiger partial charge in [0.2, 0.25) is 0 Å². The summed E-state index contributed by atoms with van der Waals surface area (Å²) >= 11 is 0. The Balaban J connectivity index is 2.24. The molecule has 0 N–H and O–H groups in total. The van der Waals surface area contributed by atoms with E-state index in [2.05, 4.69) is 82.3 Å². The molecule has 1 radical (unpaired) electrons. The van der Waals surface area contributed by atoms with Gasteiger partial charge in [-0.1, -0.05) is 85.8 Å². The Kier molecular flexibility index (Phi) is 3.18. The molecular weight excluding hydrogens is 256 g/mol. The highest BCUT2D eigenvalue weighted by Crippen LogP contribution is 2.40. The molecule has 0 bridgehead atoms. The standard InChI is InChI=1S/C19H21Si/c1-14-18(19(2,3)4)16-12-8-9-13-17(16)20(14)15-10-6-5-7-11-15/h5-13H,1-4H3. The minimum absolute atomic E-state index is 0.210. The van der Waals surface area contributed by atoms with Crippen LogP contribution in [0.25, 0.3) is 5.57 Å². The summed E-state index contributed by atoms with van der Waals surface area (Å²) in [7, 11) is -0.775. The van der Waals surface area contributed by atoms with Gasteiger partial charge in [-0.2, -0.15) is 0 Å². The van der Waals surface area contributed by atoms with E-state index in [1.807, 2.05) is 0 Å². The van der Waals surface area contributed by atoms with Gasteiger partial charge < -0.3 is 0 Å². The van der Waals surface area contributed by atoms with Crippen molar-refractivity contribution in [2.45, 2.75) is 27.7 Å². The van der Waals surface area contributed by atoms with E-state index in [-0.39, 0.29) is 5.41 Å². The van der Waals surface area contributed by atoms with Gasteiger partial charge in [-0.3, -0.25) is 0 Å². The lowest BCUT2D eigenvalue weighted by atomic mass is 9.82. The summed E-state index contributed by atoms with van der Waals surface area (Å²) in [6.07, 6.45) is 0. The molecule has 0 atom stereocenters. The van der Waals surface area contributed by atoms with Gasteiger partial charge in [0.15, 0.2) is 8.80 Å². The Bertz CT molecular complexity index is 660. The van der Waals surface area contributed by atoms with Crippen molar-refractivity contribution in [2.24, 2.45) is 5.41 Å². The van der Waals surface area contributed by atoms with Crippen molar-refractivity contribution in [3.05, 3.63) is 65.4 Å². The first-order chi connectivity index (χ1) is 9.50. The van der Waals surface area contributed by atoms with Gasteiger partial charge in [0, 0.05) is 0 Å². The lowest BCUT2D eigenvalue weighted by Crippen LogP contribution is -2.41. The Hall–Kier alpha value is -1.60. The Morgan fingerprint density at radius 2 is 1.40 bits per heavy atom. The number of allylic oxidation sites excluding steroid dienone is 2. The van der Waals surface area contributed by atoms with Crippen LogP contribution in [0.1, 0.15) is 33.3 Å². The molecule has 0 fully saturated rings. The van der Waals surface area contributed by atoms with Gasteiger partial charge in [0.1, 0.15) is 0 Å². The van der Waals surface area contributed by atoms with Crippen molar-refractivity contribution in [3.8, 4) is 0 Å². The van der Waals surface area contributed by atoms with Crippen molar-refractivity contribution in [1.82, 2.24) is 0 Å². The molecule has 1 heterocycles. The molecule has 1 heteroatoms. The van der Waals surface area contributed by atoms with Crippen molar-refractivity contribution in [1.29, 1.82) is 0 Å². The normalized spacial score (nSPS) is 15.6. The SMILES string of the molecule is CC1=C(C(C)(C)C)c2ccccc2[Si]1c1ccccc1. The molecule has 3 rings (SSSR count). The summed E-state index contributed by atoms with van der Waals surface area (Å²) in [5.41, 5.74) is 3.25. The second kappa shape index (κ2) is 4.74. The summed E-state index contributed by atoms with van der Waals surface area (Å²) in [5.74, 6) is 0. The Labute approximate surface area is 123 Å². The lowest BCUT2D eigenvalue weighted by Gasteiger charge is -2.23. The molecule has 1 aliphatic rings. The minimum Gasteiger partial charge on any atom is -0.0715 e. The third-order valence-corrected chi connectivity index (χ3v) is 6.91. The maximum Gasteiger partial charge on any atom is 0.151 e. The topological polar surface area (TPSA) is 0 Å². The summed E-state index contributed by atoms with van der Waals surface area (Å²) in [6.45, 7) is 9.34. The fourth-order valence-electron chi connectivity index (χ4n) is 3.39. The van der Waals surface area contributed by atoms with Gasteiger partial charge in [0.25, 0.3) is 0 Å². The van der Waals surface area contributed by atoms with Crippen LogP contribution in [0.3, 0.4) is 0 Å². The van der Waals surface area contributed by atoms with Crippen molar-refractivity contribution >= 4 is 24.7 Å². The Morgan fingerprint density at radius 1 is 0.800 bits per heavy atom. The van der Waals surface area contributed by atoms with Crippen LogP contribution in [-0.4, -0.2) is 8.80 Å². The molecule has 101 valence electrons. The van der Waals surface area contributed by atoms with E-state index in [9.17, 15) is 0 Å². The van der Waals surface area contributed by atoms with Crippen LogP contribution in [-0.2, 0) is 0 Å². The Morgan fingerprint density at radius 3 is 2.05 bits per heavy atom. The smallest absolute Gasteiger partial charge is 0.0715 e. The fraction of sp³-hybridized carbons (Fsp3) is 0.263. The predicted octanol–water partition coefficient (Wildman–Crippen LogP) is 3.67. The first kappa shape index (κ1) is 13.4. The average Bonchev–Trinajstić information content (AvgIpc) is 2.71. The summed E-state index contributed by atoms with van der Waals surface area (Å²) in [4.78, 5) is 0. The predicted molar refractivity (Wildman–Crippen MR) is 90.0 cm³/mol. The van der Waals surface area contributed by atoms with Gasteiger partial charge in [-0.15, -0.1) is 0 Å². The van der Waals surface area contributed by atoms with Crippen molar-refractivity contribution in [3.63, 3.8) is 0 Å². The molecule has 2 aromatic rings. The third kappa shape index (κ3) is 2.06. The molecule has 0 saturated heterocycles. The van der Waals surface area contributed by atoms with Crippen LogP contribution in [0.15, 0.2) is 59.8 Å². The van der Waals surface area contributed by atoms with Crippen LogP contribution in [0.2, 0.25) is 0 Å². The number of benzene rings is 2. The monoisotopic (exact) mass is 277 g/mol. The highest BCUT2D eigenvalue weighted by atomic mass is 28.3.